The summed E-state index contributed by atoms with van der Waals surface area (Å²) in [7, 11) is 0. The van der Waals surface area contributed by atoms with E-state index in [1.807, 2.05) is 24.3 Å². The van der Waals surface area contributed by atoms with Gasteiger partial charge in [-0.25, -0.2) is 4.39 Å². The predicted molar refractivity (Wildman–Crippen MR) is 140 cm³/mol. The minimum absolute atomic E-state index is 0.0313. The molecular formula is C29H21FN4O3. The van der Waals surface area contributed by atoms with Gasteiger partial charge in [-0.1, -0.05) is 36.4 Å². The maximum absolute atomic E-state index is 14.8. The maximum atomic E-state index is 14.8. The molecule has 0 aliphatic carbocycles. The van der Waals surface area contributed by atoms with Crippen LogP contribution >= 0.6 is 0 Å². The van der Waals surface area contributed by atoms with E-state index in [9.17, 15) is 18.8 Å². The van der Waals surface area contributed by atoms with Crippen molar-refractivity contribution in [1.29, 1.82) is 0 Å². The molecular weight excluding hydrogens is 471 g/mol. The Labute approximate surface area is 210 Å². The van der Waals surface area contributed by atoms with Crippen LogP contribution in [0, 0.1) is 5.82 Å². The standard InChI is InChI=1S/C29H21FN4O3/c1-16(35)33-22-11-5-3-8-17(22)18-14-21(32-15-25(18)33)27(36)29(2)26-20(31)10-7-13-24(26)34(28(29)37)23-12-6-4-9-19(23)30/h3-15H,31H2,1-2H3/t29-/m0/s1. The summed E-state index contributed by atoms with van der Waals surface area (Å²) in [4.78, 5) is 46.1. The van der Waals surface area contributed by atoms with Crippen molar-refractivity contribution in [3.05, 3.63) is 96.1 Å². The number of Topliss-reactive ketones (excluding diaryl/α,β-unsaturated/α-hetero) is 1. The zero-order valence-corrected chi connectivity index (χ0v) is 20.0. The first-order chi connectivity index (χ1) is 17.7. The molecule has 7 nitrogen and oxygen atoms in total. The molecule has 0 unspecified atom stereocenters. The van der Waals surface area contributed by atoms with Crippen LogP contribution in [-0.4, -0.2) is 27.1 Å². The lowest BCUT2D eigenvalue weighted by Gasteiger charge is -2.23. The van der Waals surface area contributed by atoms with E-state index in [2.05, 4.69) is 4.98 Å². The Morgan fingerprint density at radius 1 is 0.919 bits per heavy atom. The number of carbonyl (C=O) groups is 3. The van der Waals surface area contributed by atoms with Gasteiger partial charge in [-0.15, -0.1) is 0 Å². The molecule has 3 heterocycles. The highest BCUT2D eigenvalue weighted by Crippen LogP contribution is 2.50. The largest absolute Gasteiger partial charge is 0.398 e. The molecule has 0 fully saturated rings. The summed E-state index contributed by atoms with van der Waals surface area (Å²) in [5, 5.41) is 1.44. The Bertz CT molecular complexity index is 1810. The monoisotopic (exact) mass is 492 g/mol. The number of nitrogens with zero attached hydrogens (tertiary/aromatic N) is 3. The van der Waals surface area contributed by atoms with Gasteiger partial charge in [0, 0.05) is 28.9 Å². The number of rotatable bonds is 3. The number of para-hydroxylation sites is 2. The molecule has 2 N–H and O–H groups in total. The summed E-state index contributed by atoms with van der Waals surface area (Å²) in [6.07, 6.45) is 1.47. The second-order valence-corrected chi connectivity index (χ2v) is 9.25. The summed E-state index contributed by atoms with van der Waals surface area (Å²) in [5.74, 6) is -1.98. The Kier molecular flexibility index (Phi) is 4.78. The van der Waals surface area contributed by atoms with Gasteiger partial charge < -0.3 is 5.73 Å². The zero-order chi connectivity index (χ0) is 26.1. The first kappa shape index (κ1) is 22.6. The number of nitrogens with two attached hydrogens (primary N) is 1. The molecule has 3 aromatic carbocycles. The third kappa shape index (κ3) is 2.99. The molecule has 0 saturated carbocycles. The quantitative estimate of drug-likeness (QED) is 0.207. The lowest BCUT2D eigenvalue weighted by atomic mass is 9.77. The molecule has 0 saturated heterocycles. The lowest BCUT2D eigenvalue weighted by Crippen LogP contribution is -2.43. The van der Waals surface area contributed by atoms with Crippen LogP contribution in [0.5, 0.6) is 0 Å². The number of pyridine rings is 1. The van der Waals surface area contributed by atoms with E-state index in [1.165, 1.54) is 43.1 Å². The highest BCUT2D eigenvalue weighted by atomic mass is 19.1. The number of nitrogen functional groups attached to an aromatic ring is 1. The Balaban J connectivity index is 1.57. The van der Waals surface area contributed by atoms with Crippen molar-refractivity contribution >= 4 is 56.5 Å². The first-order valence-electron chi connectivity index (χ1n) is 11.7. The molecule has 6 rings (SSSR count). The van der Waals surface area contributed by atoms with Gasteiger partial charge in [-0.05, 0) is 43.3 Å². The number of halogens is 1. The number of aromatic nitrogens is 2. The Morgan fingerprint density at radius 3 is 2.38 bits per heavy atom. The topological polar surface area (TPSA) is 98.3 Å². The van der Waals surface area contributed by atoms with Gasteiger partial charge in [-0.3, -0.25) is 28.8 Å². The van der Waals surface area contributed by atoms with Gasteiger partial charge in [0.15, 0.2) is 0 Å². The average Bonchev–Trinajstić information content (AvgIpc) is 3.34. The fourth-order valence-corrected chi connectivity index (χ4v) is 5.40. The van der Waals surface area contributed by atoms with E-state index in [-0.39, 0.29) is 23.0 Å². The molecule has 1 amide bonds. The van der Waals surface area contributed by atoms with Crippen LogP contribution in [0.3, 0.4) is 0 Å². The number of benzene rings is 3. The molecule has 1 atom stereocenters. The van der Waals surface area contributed by atoms with Gasteiger partial charge in [0.05, 0.1) is 28.6 Å². The van der Waals surface area contributed by atoms with E-state index in [0.29, 0.717) is 27.7 Å². The fourth-order valence-electron chi connectivity index (χ4n) is 5.40. The number of hydrogen-bond donors (Lipinski definition) is 1. The number of amides is 1. The van der Waals surface area contributed by atoms with Crippen LogP contribution in [0.2, 0.25) is 0 Å². The van der Waals surface area contributed by atoms with Gasteiger partial charge >= 0.3 is 0 Å². The molecule has 8 heteroatoms. The molecule has 2 aromatic heterocycles. The number of carbonyl (C=O) groups excluding carboxylic acids is 3. The van der Waals surface area contributed by atoms with Crippen molar-refractivity contribution in [3.63, 3.8) is 0 Å². The van der Waals surface area contributed by atoms with Crippen LogP contribution in [-0.2, 0) is 10.2 Å². The third-order valence-electron chi connectivity index (χ3n) is 7.10. The van der Waals surface area contributed by atoms with Gasteiger partial charge in [0.1, 0.15) is 16.9 Å². The number of hydrogen-bond acceptors (Lipinski definition) is 5. The van der Waals surface area contributed by atoms with Gasteiger partial charge in [0.2, 0.25) is 17.6 Å². The molecule has 5 aromatic rings. The van der Waals surface area contributed by atoms with Crippen LogP contribution in [0.1, 0.15) is 34.7 Å². The van der Waals surface area contributed by atoms with E-state index in [0.717, 1.165) is 5.39 Å². The minimum Gasteiger partial charge on any atom is -0.398 e. The Morgan fingerprint density at radius 2 is 1.62 bits per heavy atom. The lowest BCUT2D eigenvalue weighted by molar-refractivity contribution is -0.120. The molecule has 1 aliphatic rings. The molecule has 0 spiro atoms. The van der Waals surface area contributed by atoms with E-state index in [1.54, 1.807) is 34.9 Å². The van der Waals surface area contributed by atoms with Crippen molar-refractivity contribution in [1.82, 2.24) is 9.55 Å². The van der Waals surface area contributed by atoms with Crippen molar-refractivity contribution in [2.75, 3.05) is 10.6 Å². The zero-order valence-electron chi connectivity index (χ0n) is 20.0. The highest BCUT2D eigenvalue weighted by molar-refractivity contribution is 6.29. The third-order valence-corrected chi connectivity index (χ3v) is 7.10. The predicted octanol–water partition coefficient (Wildman–Crippen LogP) is 5.39. The highest BCUT2D eigenvalue weighted by Gasteiger charge is 2.55. The number of anilines is 3. The smallest absolute Gasteiger partial charge is 0.250 e. The van der Waals surface area contributed by atoms with Crippen molar-refractivity contribution in [3.8, 4) is 0 Å². The minimum atomic E-state index is -1.75. The second kappa shape index (κ2) is 7.83. The molecule has 0 bridgehead atoms. The average molecular weight is 493 g/mol. The molecule has 37 heavy (non-hydrogen) atoms. The van der Waals surface area contributed by atoms with Crippen molar-refractivity contribution in [2.45, 2.75) is 19.3 Å². The van der Waals surface area contributed by atoms with E-state index >= 15 is 0 Å². The van der Waals surface area contributed by atoms with Crippen molar-refractivity contribution in [2.24, 2.45) is 0 Å². The summed E-state index contributed by atoms with van der Waals surface area (Å²) < 4.78 is 16.4. The summed E-state index contributed by atoms with van der Waals surface area (Å²) in [5.41, 5.74) is 6.79. The van der Waals surface area contributed by atoms with Crippen LogP contribution in [0.25, 0.3) is 21.8 Å². The SMILES string of the molecule is CC(=O)n1c2ccccc2c2cc(C(=O)[C@@]3(C)C(=O)N(c4ccccc4F)c4cccc(N)c43)ncc21. The Hall–Kier alpha value is -4.85. The molecule has 0 radical (unpaired) electrons. The van der Waals surface area contributed by atoms with Crippen LogP contribution in [0.15, 0.2) is 79.0 Å². The summed E-state index contributed by atoms with van der Waals surface area (Å²) >= 11 is 0. The van der Waals surface area contributed by atoms with Crippen molar-refractivity contribution < 1.29 is 18.8 Å². The van der Waals surface area contributed by atoms with E-state index < -0.39 is 22.9 Å². The maximum Gasteiger partial charge on any atom is 0.250 e. The first-order valence-corrected chi connectivity index (χ1v) is 11.7. The number of fused-ring (bicyclic) bond motifs is 4. The van der Waals surface area contributed by atoms with Crippen LogP contribution in [0.4, 0.5) is 21.5 Å². The molecule has 182 valence electrons. The molecule has 1 aliphatic heterocycles. The normalized spacial score (nSPS) is 16.9. The fraction of sp³-hybridized carbons (Fsp3) is 0.103. The summed E-state index contributed by atoms with van der Waals surface area (Å²) in [6.45, 7) is 2.96. The van der Waals surface area contributed by atoms with E-state index in [4.69, 9.17) is 5.73 Å². The second-order valence-electron chi connectivity index (χ2n) is 9.25. The van der Waals surface area contributed by atoms with Gasteiger partial charge in [0.25, 0.3) is 0 Å². The summed E-state index contributed by atoms with van der Waals surface area (Å²) in [6, 6.07) is 19.8. The van der Waals surface area contributed by atoms with Gasteiger partial charge in [-0.2, -0.15) is 0 Å². The van der Waals surface area contributed by atoms with Crippen LogP contribution < -0.4 is 10.6 Å². The number of ketones is 1.